The van der Waals surface area contributed by atoms with Crippen LogP contribution in [0.1, 0.15) is 25.7 Å². The van der Waals surface area contributed by atoms with E-state index in [0.29, 0.717) is 38.8 Å². The summed E-state index contributed by atoms with van der Waals surface area (Å²) in [7, 11) is 0. The van der Waals surface area contributed by atoms with E-state index in [1.54, 1.807) is 0 Å². The molecule has 0 spiro atoms. The van der Waals surface area contributed by atoms with E-state index >= 15 is 0 Å². The van der Waals surface area contributed by atoms with Gasteiger partial charge in [0.25, 0.3) is 0 Å². The van der Waals surface area contributed by atoms with Crippen LogP contribution in [0, 0.1) is 11.8 Å². The fraction of sp³-hybridized carbons (Fsp3) is 0.500. The number of ether oxygens (including phenoxy) is 1. The van der Waals surface area contributed by atoms with Gasteiger partial charge in [-0.1, -0.05) is 22.0 Å². The Bertz CT molecular complexity index is 527. The van der Waals surface area contributed by atoms with Crippen LogP contribution in [0.2, 0.25) is 0 Å². The maximum Gasteiger partial charge on any atom is 0.306 e. The molecule has 1 aliphatic rings. The van der Waals surface area contributed by atoms with Gasteiger partial charge in [0, 0.05) is 10.4 Å². The van der Waals surface area contributed by atoms with Crippen molar-refractivity contribution in [3.05, 3.63) is 28.7 Å². The summed E-state index contributed by atoms with van der Waals surface area (Å²) in [5.74, 6) is -0.348. The zero-order valence-corrected chi connectivity index (χ0v) is 13.8. The molecule has 0 aromatic heterocycles. The predicted molar refractivity (Wildman–Crippen MR) is 85.7 cm³/mol. The van der Waals surface area contributed by atoms with Crippen molar-refractivity contribution in [2.24, 2.45) is 11.8 Å². The Morgan fingerprint density at radius 3 is 2.55 bits per heavy atom. The number of benzene rings is 1. The SMILES string of the molecule is O=C(O)C1CCC(C(=O)NCCOc2cccc(Br)c2)CC1. The van der Waals surface area contributed by atoms with Gasteiger partial charge in [0.1, 0.15) is 12.4 Å². The molecule has 0 radical (unpaired) electrons. The van der Waals surface area contributed by atoms with Gasteiger partial charge in [0.2, 0.25) is 5.91 Å². The molecule has 0 heterocycles. The third kappa shape index (κ3) is 5.02. The van der Waals surface area contributed by atoms with Gasteiger partial charge >= 0.3 is 5.97 Å². The van der Waals surface area contributed by atoms with Gasteiger partial charge in [-0.25, -0.2) is 0 Å². The Balaban J connectivity index is 1.65. The number of carboxylic acids is 1. The standard InChI is InChI=1S/C16H20BrNO4/c17-13-2-1-3-14(10-13)22-9-8-18-15(19)11-4-6-12(7-5-11)16(20)21/h1-3,10-12H,4-9H2,(H,18,19)(H,20,21). The molecule has 0 atom stereocenters. The van der Waals surface area contributed by atoms with Crippen molar-refractivity contribution >= 4 is 27.8 Å². The highest BCUT2D eigenvalue weighted by Crippen LogP contribution is 2.28. The van der Waals surface area contributed by atoms with E-state index in [2.05, 4.69) is 21.2 Å². The average molecular weight is 370 g/mol. The fourth-order valence-electron chi connectivity index (χ4n) is 2.65. The van der Waals surface area contributed by atoms with Crippen LogP contribution in [0.25, 0.3) is 0 Å². The fourth-order valence-corrected chi connectivity index (χ4v) is 3.03. The van der Waals surface area contributed by atoms with Crippen LogP contribution in [0.15, 0.2) is 28.7 Å². The maximum absolute atomic E-state index is 12.0. The lowest BCUT2D eigenvalue weighted by molar-refractivity contribution is -0.144. The van der Waals surface area contributed by atoms with Gasteiger partial charge in [0.15, 0.2) is 0 Å². The lowest BCUT2D eigenvalue weighted by Crippen LogP contribution is -2.36. The molecule has 2 N–H and O–H groups in total. The summed E-state index contributed by atoms with van der Waals surface area (Å²) < 4.78 is 6.50. The van der Waals surface area contributed by atoms with E-state index in [1.165, 1.54) is 0 Å². The van der Waals surface area contributed by atoms with E-state index in [-0.39, 0.29) is 17.7 Å². The van der Waals surface area contributed by atoms with Crippen molar-refractivity contribution in [2.75, 3.05) is 13.2 Å². The second-order valence-electron chi connectivity index (χ2n) is 5.48. The molecule has 1 aromatic rings. The largest absolute Gasteiger partial charge is 0.492 e. The third-order valence-electron chi connectivity index (χ3n) is 3.91. The molecule has 1 amide bonds. The number of amides is 1. The van der Waals surface area contributed by atoms with Gasteiger partial charge in [-0.2, -0.15) is 0 Å². The van der Waals surface area contributed by atoms with Crippen molar-refractivity contribution in [1.82, 2.24) is 5.32 Å². The van der Waals surface area contributed by atoms with Gasteiger partial charge < -0.3 is 15.2 Å². The van der Waals surface area contributed by atoms with Gasteiger partial charge in [-0.05, 0) is 43.9 Å². The van der Waals surface area contributed by atoms with Crippen molar-refractivity contribution in [3.63, 3.8) is 0 Å². The van der Waals surface area contributed by atoms with Gasteiger partial charge in [0.05, 0.1) is 12.5 Å². The molecular weight excluding hydrogens is 350 g/mol. The minimum Gasteiger partial charge on any atom is -0.492 e. The van der Waals surface area contributed by atoms with Crippen LogP contribution < -0.4 is 10.1 Å². The number of halogens is 1. The number of carbonyl (C=O) groups excluding carboxylic acids is 1. The Morgan fingerprint density at radius 1 is 1.23 bits per heavy atom. The molecule has 2 rings (SSSR count). The number of aliphatic carboxylic acids is 1. The summed E-state index contributed by atoms with van der Waals surface area (Å²) in [4.78, 5) is 22.9. The van der Waals surface area contributed by atoms with E-state index in [4.69, 9.17) is 9.84 Å². The molecule has 0 bridgehead atoms. The molecule has 0 saturated heterocycles. The average Bonchev–Trinajstić information content (AvgIpc) is 2.51. The Kier molecular flexibility index (Phi) is 6.24. The zero-order chi connectivity index (χ0) is 15.9. The van der Waals surface area contributed by atoms with Crippen LogP contribution in [0.5, 0.6) is 5.75 Å². The Hall–Kier alpha value is -1.56. The quantitative estimate of drug-likeness (QED) is 0.756. The molecular formula is C16H20BrNO4. The van der Waals surface area contributed by atoms with Gasteiger partial charge in [-0.3, -0.25) is 9.59 Å². The second kappa shape index (κ2) is 8.17. The molecule has 120 valence electrons. The summed E-state index contributed by atoms with van der Waals surface area (Å²) in [5.41, 5.74) is 0. The summed E-state index contributed by atoms with van der Waals surface area (Å²) in [6.45, 7) is 0.858. The summed E-state index contributed by atoms with van der Waals surface area (Å²) >= 11 is 3.37. The Labute approximate surface area is 138 Å². The minimum atomic E-state index is -0.749. The van der Waals surface area contributed by atoms with Crippen LogP contribution in [-0.4, -0.2) is 30.1 Å². The Morgan fingerprint density at radius 2 is 1.91 bits per heavy atom. The monoisotopic (exact) mass is 369 g/mol. The molecule has 1 aromatic carbocycles. The second-order valence-corrected chi connectivity index (χ2v) is 6.40. The lowest BCUT2D eigenvalue weighted by Gasteiger charge is -2.25. The number of rotatable bonds is 6. The van der Waals surface area contributed by atoms with E-state index in [9.17, 15) is 9.59 Å². The topological polar surface area (TPSA) is 75.6 Å². The molecule has 0 unspecified atom stereocenters. The van der Waals surface area contributed by atoms with Crippen molar-refractivity contribution in [2.45, 2.75) is 25.7 Å². The van der Waals surface area contributed by atoms with Crippen molar-refractivity contribution < 1.29 is 19.4 Å². The molecule has 1 saturated carbocycles. The first-order valence-electron chi connectivity index (χ1n) is 7.45. The number of carboxylic acid groups (broad SMARTS) is 1. The molecule has 1 aliphatic carbocycles. The summed E-state index contributed by atoms with van der Waals surface area (Å²) in [6, 6.07) is 7.54. The lowest BCUT2D eigenvalue weighted by atomic mass is 9.81. The van der Waals surface area contributed by atoms with Gasteiger partial charge in [-0.15, -0.1) is 0 Å². The van der Waals surface area contributed by atoms with Crippen LogP contribution >= 0.6 is 15.9 Å². The van der Waals surface area contributed by atoms with E-state index in [1.807, 2.05) is 24.3 Å². The number of hydrogen-bond acceptors (Lipinski definition) is 3. The van der Waals surface area contributed by atoms with Crippen LogP contribution in [0.3, 0.4) is 0 Å². The normalized spacial score (nSPS) is 21.1. The first kappa shape index (κ1) is 16.8. The predicted octanol–water partition coefficient (Wildman–Crippen LogP) is 2.84. The summed E-state index contributed by atoms with van der Waals surface area (Å²) in [6.07, 6.45) is 2.47. The molecule has 6 heteroatoms. The molecule has 1 fully saturated rings. The third-order valence-corrected chi connectivity index (χ3v) is 4.41. The zero-order valence-electron chi connectivity index (χ0n) is 12.3. The van der Waals surface area contributed by atoms with Crippen molar-refractivity contribution in [1.29, 1.82) is 0 Å². The number of hydrogen-bond donors (Lipinski definition) is 2. The first-order chi connectivity index (χ1) is 10.6. The highest BCUT2D eigenvalue weighted by molar-refractivity contribution is 9.10. The first-order valence-corrected chi connectivity index (χ1v) is 8.24. The summed E-state index contributed by atoms with van der Waals surface area (Å²) in [5, 5.41) is 11.8. The number of carbonyl (C=O) groups is 2. The van der Waals surface area contributed by atoms with Crippen LogP contribution in [-0.2, 0) is 9.59 Å². The number of nitrogens with one attached hydrogen (secondary N) is 1. The highest BCUT2D eigenvalue weighted by Gasteiger charge is 2.29. The van der Waals surface area contributed by atoms with Crippen molar-refractivity contribution in [3.8, 4) is 5.75 Å². The molecule has 22 heavy (non-hydrogen) atoms. The van der Waals surface area contributed by atoms with E-state index < -0.39 is 5.97 Å². The molecule has 0 aliphatic heterocycles. The smallest absolute Gasteiger partial charge is 0.306 e. The molecule has 5 nitrogen and oxygen atoms in total. The highest BCUT2D eigenvalue weighted by atomic mass is 79.9. The minimum absolute atomic E-state index is 0.00156. The maximum atomic E-state index is 12.0. The van der Waals surface area contributed by atoms with E-state index in [0.717, 1.165) is 10.2 Å². The van der Waals surface area contributed by atoms with Crippen LogP contribution in [0.4, 0.5) is 0 Å².